The molecule has 0 aromatic carbocycles. The van der Waals surface area contributed by atoms with Gasteiger partial charge in [0.25, 0.3) is 0 Å². The molecule has 1 atom stereocenters. The van der Waals surface area contributed by atoms with E-state index in [0.29, 0.717) is 11.3 Å². The molecule has 0 aromatic rings. The molecule has 0 nitrogen and oxygen atoms in total. The van der Waals surface area contributed by atoms with Crippen LogP contribution in [0.4, 0.5) is 0 Å². The van der Waals surface area contributed by atoms with E-state index in [1.54, 1.807) is 5.57 Å². The zero-order valence-electron chi connectivity index (χ0n) is 12.5. The van der Waals surface area contributed by atoms with E-state index >= 15 is 0 Å². The Hall–Kier alpha value is -0.520. The van der Waals surface area contributed by atoms with E-state index in [1.807, 2.05) is 0 Å². The molecule has 0 radical (unpaired) electrons. The van der Waals surface area contributed by atoms with Gasteiger partial charge in [0.05, 0.1) is 0 Å². The molecule has 0 heteroatoms. The minimum Gasteiger partial charge on any atom is -0.0995 e. The monoisotopic (exact) mass is 234 g/mol. The van der Waals surface area contributed by atoms with Crippen LogP contribution in [0.1, 0.15) is 66.7 Å². The summed E-state index contributed by atoms with van der Waals surface area (Å²) in [6, 6.07) is 0. The van der Waals surface area contributed by atoms with Crippen molar-refractivity contribution in [2.75, 3.05) is 0 Å². The van der Waals surface area contributed by atoms with Crippen LogP contribution < -0.4 is 0 Å². The van der Waals surface area contributed by atoms with E-state index in [1.165, 1.54) is 37.7 Å². The van der Waals surface area contributed by atoms with Gasteiger partial charge in [-0.25, -0.2) is 0 Å². The largest absolute Gasteiger partial charge is 0.0995 e. The number of hydrogen-bond donors (Lipinski definition) is 0. The Morgan fingerprint density at radius 3 is 2.35 bits per heavy atom. The van der Waals surface area contributed by atoms with Gasteiger partial charge in [-0.05, 0) is 36.5 Å². The molecular formula is C17H30. The van der Waals surface area contributed by atoms with E-state index in [0.717, 1.165) is 5.92 Å². The summed E-state index contributed by atoms with van der Waals surface area (Å²) in [4.78, 5) is 0. The molecule has 0 bridgehead atoms. The highest BCUT2D eigenvalue weighted by molar-refractivity contribution is 5.26. The Morgan fingerprint density at radius 1 is 1.35 bits per heavy atom. The number of hydrogen-bond acceptors (Lipinski definition) is 0. The third kappa shape index (κ3) is 3.03. The fourth-order valence-electron chi connectivity index (χ4n) is 3.41. The zero-order valence-corrected chi connectivity index (χ0v) is 12.5. The fraction of sp³-hybridized carbons (Fsp3) is 0.765. The molecule has 0 saturated heterocycles. The minimum atomic E-state index is 0.345. The normalized spacial score (nSPS) is 22.9. The molecular weight excluding hydrogens is 204 g/mol. The molecule has 0 heterocycles. The van der Waals surface area contributed by atoms with Crippen molar-refractivity contribution in [1.29, 1.82) is 0 Å². The highest BCUT2D eigenvalue weighted by Gasteiger charge is 2.37. The van der Waals surface area contributed by atoms with Crippen LogP contribution >= 0.6 is 0 Å². The number of allylic oxidation sites excluding steroid dienone is 3. The molecule has 1 rings (SSSR count). The fourth-order valence-corrected chi connectivity index (χ4v) is 3.41. The molecule has 0 amide bonds. The van der Waals surface area contributed by atoms with E-state index in [2.05, 4.69) is 47.3 Å². The molecule has 0 aliphatic heterocycles. The summed E-state index contributed by atoms with van der Waals surface area (Å²) >= 11 is 0. The third-order valence-electron chi connectivity index (χ3n) is 4.88. The van der Waals surface area contributed by atoms with Crippen LogP contribution in [0.25, 0.3) is 0 Å². The molecule has 98 valence electrons. The molecule has 0 aromatic heterocycles. The first-order valence-corrected chi connectivity index (χ1v) is 7.34. The first kappa shape index (κ1) is 14.5. The van der Waals surface area contributed by atoms with Crippen molar-refractivity contribution in [3.63, 3.8) is 0 Å². The minimum absolute atomic E-state index is 0.345. The predicted octanol–water partition coefficient (Wildman–Crippen LogP) is 5.75. The summed E-state index contributed by atoms with van der Waals surface area (Å²) in [5, 5.41) is 0. The Kier molecular flexibility index (Phi) is 5.04. The van der Waals surface area contributed by atoms with Gasteiger partial charge in [0.1, 0.15) is 0 Å². The van der Waals surface area contributed by atoms with E-state index in [-0.39, 0.29) is 0 Å². The first-order valence-electron chi connectivity index (χ1n) is 7.34. The van der Waals surface area contributed by atoms with Crippen molar-refractivity contribution < 1.29 is 0 Å². The van der Waals surface area contributed by atoms with Gasteiger partial charge in [0, 0.05) is 0 Å². The summed E-state index contributed by atoms with van der Waals surface area (Å²) in [5.74, 6) is 1.52. The quantitative estimate of drug-likeness (QED) is 0.513. The number of rotatable bonds is 6. The molecule has 1 aliphatic carbocycles. The van der Waals surface area contributed by atoms with Crippen molar-refractivity contribution in [2.45, 2.75) is 66.7 Å². The Labute approximate surface area is 108 Å². The molecule has 1 unspecified atom stereocenters. The van der Waals surface area contributed by atoms with Crippen molar-refractivity contribution in [3.8, 4) is 0 Å². The molecule has 0 saturated carbocycles. The van der Waals surface area contributed by atoms with Gasteiger partial charge < -0.3 is 0 Å². The second-order valence-electron chi connectivity index (χ2n) is 6.14. The second kappa shape index (κ2) is 5.89. The van der Waals surface area contributed by atoms with Gasteiger partial charge in [-0.1, -0.05) is 71.3 Å². The van der Waals surface area contributed by atoms with Crippen LogP contribution in [0.5, 0.6) is 0 Å². The van der Waals surface area contributed by atoms with Gasteiger partial charge in [0.2, 0.25) is 0 Å². The van der Waals surface area contributed by atoms with Gasteiger partial charge >= 0.3 is 0 Å². The SMILES string of the molecule is C=C(CC(CC)CC)C1CC=C(CC)C1(C)C. The Morgan fingerprint density at radius 2 is 1.94 bits per heavy atom. The second-order valence-corrected chi connectivity index (χ2v) is 6.14. The van der Waals surface area contributed by atoms with Gasteiger partial charge in [-0.15, -0.1) is 0 Å². The van der Waals surface area contributed by atoms with Crippen LogP contribution in [0.2, 0.25) is 0 Å². The van der Waals surface area contributed by atoms with Crippen LogP contribution in [0, 0.1) is 17.3 Å². The summed E-state index contributed by atoms with van der Waals surface area (Å²) in [6.45, 7) is 16.1. The highest BCUT2D eigenvalue weighted by Crippen LogP contribution is 2.48. The summed E-state index contributed by atoms with van der Waals surface area (Å²) in [5.41, 5.74) is 3.47. The molecule has 0 fully saturated rings. The lowest BCUT2D eigenvalue weighted by Crippen LogP contribution is -2.23. The maximum absolute atomic E-state index is 4.40. The first-order chi connectivity index (χ1) is 7.97. The standard InChI is InChI=1S/C17H30/c1-7-14(8-2)12-13(4)16-11-10-15(9-3)17(16,5)6/h10,14,16H,4,7-9,11-12H2,1-3,5-6H3. The third-order valence-corrected chi connectivity index (χ3v) is 4.88. The zero-order chi connectivity index (χ0) is 13.1. The smallest absolute Gasteiger partial charge is 0.00765 e. The van der Waals surface area contributed by atoms with E-state index < -0.39 is 0 Å². The average Bonchev–Trinajstić information content (AvgIpc) is 2.60. The van der Waals surface area contributed by atoms with E-state index in [4.69, 9.17) is 0 Å². The molecule has 17 heavy (non-hydrogen) atoms. The van der Waals surface area contributed by atoms with Crippen LogP contribution in [-0.2, 0) is 0 Å². The Bertz CT molecular complexity index is 289. The van der Waals surface area contributed by atoms with Crippen molar-refractivity contribution >= 4 is 0 Å². The van der Waals surface area contributed by atoms with Gasteiger partial charge in [0.15, 0.2) is 0 Å². The maximum Gasteiger partial charge on any atom is -0.00765 e. The predicted molar refractivity (Wildman–Crippen MR) is 78.1 cm³/mol. The van der Waals surface area contributed by atoms with Crippen molar-refractivity contribution in [2.24, 2.45) is 17.3 Å². The van der Waals surface area contributed by atoms with Crippen LogP contribution in [0.15, 0.2) is 23.8 Å². The molecule has 0 spiro atoms. The summed E-state index contributed by atoms with van der Waals surface area (Å²) < 4.78 is 0. The van der Waals surface area contributed by atoms with Crippen molar-refractivity contribution in [3.05, 3.63) is 23.8 Å². The lowest BCUT2D eigenvalue weighted by atomic mass is 9.71. The summed E-state index contributed by atoms with van der Waals surface area (Å²) in [6.07, 6.45) is 8.68. The van der Waals surface area contributed by atoms with Gasteiger partial charge in [-0.2, -0.15) is 0 Å². The lowest BCUT2D eigenvalue weighted by Gasteiger charge is -2.33. The van der Waals surface area contributed by atoms with Crippen LogP contribution in [0.3, 0.4) is 0 Å². The molecule has 0 N–H and O–H groups in total. The highest BCUT2D eigenvalue weighted by atomic mass is 14.4. The van der Waals surface area contributed by atoms with Crippen LogP contribution in [-0.4, -0.2) is 0 Å². The van der Waals surface area contributed by atoms with Crippen molar-refractivity contribution in [1.82, 2.24) is 0 Å². The van der Waals surface area contributed by atoms with E-state index in [9.17, 15) is 0 Å². The lowest BCUT2D eigenvalue weighted by molar-refractivity contribution is 0.311. The Balaban J connectivity index is 2.67. The summed E-state index contributed by atoms with van der Waals surface area (Å²) in [7, 11) is 0. The van der Waals surface area contributed by atoms with Gasteiger partial charge in [-0.3, -0.25) is 0 Å². The average molecular weight is 234 g/mol. The maximum atomic E-state index is 4.40. The molecule has 1 aliphatic rings. The topological polar surface area (TPSA) is 0 Å².